The maximum Gasteiger partial charge on any atom is 0.0766 e. The number of benzene rings is 1. The highest BCUT2D eigenvalue weighted by atomic mass is 15.3. The smallest absolute Gasteiger partial charge is 0.0766 e. The zero-order chi connectivity index (χ0) is 13.1. The lowest BCUT2D eigenvalue weighted by atomic mass is 10.1. The zero-order valence-electron chi connectivity index (χ0n) is 11.4. The van der Waals surface area contributed by atoms with Crippen LogP contribution in [0.15, 0.2) is 42.6 Å². The molecule has 1 saturated carbocycles. The molecule has 100 valence electrons. The Morgan fingerprint density at radius 3 is 2.79 bits per heavy atom. The first-order valence-electron chi connectivity index (χ1n) is 7.16. The number of rotatable bonds is 4. The zero-order valence-corrected chi connectivity index (χ0v) is 11.4. The van der Waals surface area contributed by atoms with Gasteiger partial charge in [-0.05, 0) is 37.0 Å². The van der Waals surface area contributed by atoms with Gasteiger partial charge in [0.05, 0.1) is 11.4 Å². The van der Waals surface area contributed by atoms with Crippen molar-refractivity contribution in [2.24, 2.45) is 5.92 Å². The number of nitrogens with zero attached hydrogens (tertiary/aromatic N) is 2. The molecule has 19 heavy (non-hydrogen) atoms. The summed E-state index contributed by atoms with van der Waals surface area (Å²) in [5.74, 6) is 0.802. The molecule has 0 aliphatic heterocycles. The first-order valence-corrected chi connectivity index (χ1v) is 7.16. The molecule has 3 nitrogen and oxygen atoms in total. The summed E-state index contributed by atoms with van der Waals surface area (Å²) in [6.45, 7) is 3.21. The van der Waals surface area contributed by atoms with Crippen molar-refractivity contribution in [1.29, 1.82) is 0 Å². The van der Waals surface area contributed by atoms with Crippen LogP contribution in [0.25, 0.3) is 5.69 Å². The van der Waals surface area contributed by atoms with Crippen molar-refractivity contribution in [3.63, 3.8) is 0 Å². The van der Waals surface area contributed by atoms with Crippen molar-refractivity contribution >= 4 is 0 Å². The fraction of sp³-hybridized carbons (Fsp3) is 0.438. The van der Waals surface area contributed by atoms with E-state index in [1.165, 1.54) is 19.3 Å². The summed E-state index contributed by atoms with van der Waals surface area (Å²) in [6, 6.07) is 13.0. The molecule has 2 atom stereocenters. The van der Waals surface area contributed by atoms with Crippen LogP contribution < -0.4 is 5.32 Å². The molecule has 0 bridgehead atoms. The van der Waals surface area contributed by atoms with Crippen molar-refractivity contribution in [2.45, 2.75) is 38.8 Å². The minimum atomic E-state index is 0.668. The normalized spacial score (nSPS) is 22.8. The number of nitrogens with one attached hydrogen (secondary N) is 1. The van der Waals surface area contributed by atoms with Gasteiger partial charge in [0.1, 0.15) is 0 Å². The van der Waals surface area contributed by atoms with Crippen LogP contribution in [-0.4, -0.2) is 15.8 Å². The van der Waals surface area contributed by atoms with Crippen LogP contribution in [0.4, 0.5) is 0 Å². The maximum absolute atomic E-state index is 4.62. The maximum atomic E-state index is 4.62. The molecule has 2 unspecified atom stereocenters. The van der Waals surface area contributed by atoms with Gasteiger partial charge in [-0.3, -0.25) is 0 Å². The van der Waals surface area contributed by atoms with Crippen LogP contribution in [0, 0.1) is 5.92 Å². The Hall–Kier alpha value is -1.61. The van der Waals surface area contributed by atoms with Crippen LogP contribution >= 0.6 is 0 Å². The molecule has 0 amide bonds. The van der Waals surface area contributed by atoms with Gasteiger partial charge in [0.25, 0.3) is 0 Å². The summed E-state index contributed by atoms with van der Waals surface area (Å²) in [7, 11) is 0. The van der Waals surface area contributed by atoms with E-state index in [4.69, 9.17) is 0 Å². The van der Waals surface area contributed by atoms with Crippen molar-refractivity contribution < 1.29 is 0 Å². The van der Waals surface area contributed by atoms with E-state index in [0.29, 0.717) is 6.04 Å². The van der Waals surface area contributed by atoms with Gasteiger partial charge in [-0.1, -0.05) is 31.5 Å². The van der Waals surface area contributed by atoms with Gasteiger partial charge >= 0.3 is 0 Å². The average molecular weight is 255 g/mol. The lowest BCUT2D eigenvalue weighted by molar-refractivity contribution is 0.423. The van der Waals surface area contributed by atoms with Gasteiger partial charge in [0.2, 0.25) is 0 Å². The molecule has 0 spiro atoms. The first-order chi connectivity index (χ1) is 9.33. The van der Waals surface area contributed by atoms with E-state index in [1.54, 1.807) is 0 Å². The van der Waals surface area contributed by atoms with E-state index >= 15 is 0 Å². The van der Waals surface area contributed by atoms with E-state index < -0.39 is 0 Å². The predicted octanol–water partition coefficient (Wildman–Crippen LogP) is 3.15. The molecule has 1 aliphatic rings. The summed E-state index contributed by atoms with van der Waals surface area (Å²) >= 11 is 0. The van der Waals surface area contributed by atoms with Crippen molar-refractivity contribution in [1.82, 2.24) is 15.1 Å². The lowest BCUT2D eigenvalue weighted by Gasteiger charge is -2.16. The Labute approximate surface area is 114 Å². The molecule has 3 rings (SSSR count). The Morgan fingerprint density at radius 1 is 1.21 bits per heavy atom. The monoisotopic (exact) mass is 255 g/mol. The van der Waals surface area contributed by atoms with Crippen molar-refractivity contribution in [3.05, 3.63) is 48.3 Å². The van der Waals surface area contributed by atoms with E-state index in [9.17, 15) is 0 Å². The van der Waals surface area contributed by atoms with Gasteiger partial charge in [-0.15, -0.1) is 0 Å². The Morgan fingerprint density at radius 2 is 2.05 bits per heavy atom. The molecule has 1 fully saturated rings. The summed E-state index contributed by atoms with van der Waals surface area (Å²) in [6.07, 6.45) is 6.05. The third-order valence-electron chi connectivity index (χ3n) is 4.07. The fourth-order valence-electron chi connectivity index (χ4n) is 2.86. The fourth-order valence-corrected chi connectivity index (χ4v) is 2.86. The second-order valence-corrected chi connectivity index (χ2v) is 5.48. The first kappa shape index (κ1) is 12.4. The van der Waals surface area contributed by atoms with Gasteiger partial charge in [-0.2, -0.15) is 5.10 Å². The molecule has 2 aromatic rings. The molecule has 1 N–H and O–H groups in total. The standard InChI is InChI=1S/C16H21N3/c1-13-6-5-9-16(13)17-12-14-10-11-19(18-14)15-7-3-2-4-8-15/h2-4,7-8,10-11,13,16-17H,5-6,9,12H2,1H3. The van der Waals surface area contributed by atoms with Crippen LogP contribution in [-0.2, 0) is 6.54 Å². The lowest BCUT2D eigenvalue weighted by Crippen LogP contribution is -2.30. The van der Waals surface area contributed by atoms with Crippen LogP contribution in [0.1, 0.15) is 31.9 Å². The summed E-state index contributed by atoms with van der Waals surface area (Å²) in [5, 5.41) is 8.26. The number of aromatic nitrogens is 2. The quantitative estimate of drug-likeness (QED) is 0.909. The number of hydrogen-bond donors (Lipinski definition) is 1. The minimum Gasteiger partial charge on any atom is -0.308 e. The predicted molar refractivity (Wildman–Crippen MR) is 77.2 cm³/mol. The summed E-state index contributed by atoms with van der Waals surface area (Å²) in [5.41, 5.74) is 2.23. The second-order valence-electron chi connectivity index (χ2n) is 5.48. The van der Waals surface area contributed by atoms with Crippen LogP contribution in [0.2, 0.25) is 0 Å². The second kappa shape index (κ2) is 5.57. The summed E-state index contributed by atoms with van der Waals surface area (Å²) in [4.78, 5) is 0. The number of para-hydroxylation sites is 1. The molecular weight excluding hydrogens is 234 g/mol. The molecule has 0 saturated heterocycles. The highest BCUT2D eigenvalue weighted by Crippen LogP contribution is 2.24. The third-order valence-corrected chi connectivity index (χ3v) is 4.07. The third kappa shape index (κ3) is 2.87. The van der Waals surface area contributed by atoms with E-state index in [2.05, 4.69) is 35.5 Å². The van der Waals surface area contributed by atoms with E-state index in [0.717, 1.165) is 23.8 Å². The van der Waals surface area contributed by atoms with E-state index in [1.807, 2.05) is 29.1 Å². The van der Waals surface area contributed by atoms with Gasteiger partial charge in [0.15, 0.2) is 0 Å². The van der Waals surface area contributed by atoms with Gasteiger partial charge in [-0.25, -0.2) is 4.68 Å². The topological polar surface area (TPSA) is 29.9 Å². The highest BCUT2D eigenvalue weighted by Gasteiger charge is 2.22. The molecule has 3 heteroatoms. The van der Waals surface area contributed by atoms with Crippen molar-refractivity contribution in [3.8, 4) is 5.69 Å². The molecule has 1 heterocycles. The largest absolute Gasteiger partial charge is 0.308 e. The Bertz CT molecular complexity index is 518. The molecule has 0 radical (unpaired) electrons. The SMILES string of the molecule is CC1CCCC1NCc1ccn(-c2ccccc2)n1. The molecule has 1 aliphatic carbocycles. The van der Waals surface area contributed by atoms with Gasteiger partial charge < -0.3 is 5.32 Å². The Balaban J connectivity index is 1.62. The van der Waals surface area contributed by atoms with Crippen molar-refractivity contribution in [2.75, 3.05) is 0 Å². The molecule has 1 aromatic carbocycles. The van der Waals surface area contributed by atoms with Crippen LogP contribution in [0.5, 0.6) is 0 Å². The highest BCUT2D eigenvalue weighted by molar-refractivity contribution is 5.30. The van der Waals surface area contributed by atoms with Gasteiger partial charge in [0, 0.05) is 18.8 Å². The summed E-state index contributed by atoms with van der Waals surface area (Å²) < 4.78 is 1.94. The molecular formula is C16H21N3. The van der Waals surface area contributed by atoms with E-state index in [-0.39, 0.29) is 0 Å². The van der Waals surface area contributed by atoms with Crippen LogP contribution in [0.3, 0.4) is 0 Å². The average Bonchev–Trinajstić information content (AvgIpc) is 3.06. The molecule has 1 aromatic heterocycles. The number of hydrogen-bond acceptors (Lipinski definition) is 2. The minimum absolute atomic E-state index is 0.668. The Kier molecular flexibility index (Phi) is 3.65.